The fourth-order valence-electron chi connectivity index (χ4n) is 3.23. The predicted octanol–water partition coefficient (Wildman–Crippen LogP) is 3.19. The zero-order chi connectivity index (χ0) is 17.1. The standard InChI is InChI=1S/C19H21NO4/c1-24-16-7-5-13(6-8-16)14-3-2-4-15(11-14)17-9-10-20(19(22)23)12-18(17)21/h2-8,11,17-18,21H,9-10,12H2,1H3,(H,22,23). The van der Waals surface area contributed by atoms with Crippen molar-refractivity contribution in [2.45, 2.75) is 18.4 Å². The topological polar surface area (TPSA) is 70.0 Å². The summed E-state index contributed by atoms with van der Waals surface area (Å²) in [4.78, 5) is 12.3. The third-order valence-corrected chi connectivity index (χ3v) is 4.59. The maximum absolute atomic E-state index is 11.0. The number of likely N-dealkylation sites (tertiary alicyclic amines) is 1. The summed E-state index contributed by atoms with van der Waals surface area (Å²) in [6, 6.07) is 15.9. The van der Waals surface area contributed by atoms with E-state index >= 15 is 0 Å². The highest BCUT2D eigenvalue weighted by molar-refractivity contribution is 5.66. The summed E-state index contributed by atoms with van der Waals surface area (Å²) >= 11 is 0. The van der Waals surface area contributed by atoms with Crippen LogP contribution in [0.5, 0.6) is 5.75 Å². The average molecular weight is 327 g/mol. The third-order valence-electron chi connectivity index (χ3n) is 4.59. The number of benzene rings is 2. The first-order chi connectivity index (χ1) is 11.6. The summed E-state index contributed by atoms with van der Waals surface area (Å²) < 4.78 is 5.18. The minimum absolute atomic E-state index is 0.0428. The van der Waals surface area contributed by atoms with E-state index in [1.807, 2.05) is 42.5 Å². The Kier molecular flexibility index (Phi) is 4.71. The van der Waals surface area contributed by atoms with Gasteiger partial charge in [-0.05, 0) is 35.2 Å². The molecule has 0 saturated carbocycles. The van der Waals surface area contributed by atoms with Gasteiger partial charge >= 0.3 is 6.09 Å². The van der Waals surface area contributed by atoms with Crippen molar-refractivity contribution in [3.05, 3.63) is 54.1 Å². The van der Waals surface area contributed by atoms with E-state index in [1.54, 1.807) is 7.11 Å². The molecule has 0 radical (unpaired) electrons. The highest BCUT2D eigenvalue weighted by Crippen LogP contribution is 2.31. The Hall–Kier alpha value is -2.53. The van der Waals surface area contributed by atoms with E-state index in [1.165, 1.54) is 4.90 Å². The normalized spacial score (nSPS) is 20.7. The van der Waals surface area contributed by atoms with Crippen molar-refractivity contribution in [3.63, 3.8) is 0 Å². The molecule has 1 aliphatic rings. The molecule has 0 aliphatic carbocycles. The maximum Gasteiger partial charge on any atom is 0.407 e. The molecule has 2 N–H and O–H groups in total. The Morgan fingerprint density at radius 3 is 2.54 bits per heavy atom. The van der Waals surface area contributed by atoms with Crippen molar-refractivity contribution in [2.75, 3.05) is 20.2 Å². The number of aliphatic hydroxyl groups excluding tert-OH is 1. The molecule has 1 aliphatic heterocycles. The van der Waals surface area contributed by atoms with Gasteiger partial charge in [-0.2, -0.15) is 0 Å². The van der Waals surface area contributed by atoms with Gasteiger partial charge in [-0.25, -0.2) is 4.79 Å². The van der Waals surface area contributed by atoms with Crippen LogP contribution < -0.4 is 4.74 Å². The number of aliphatic hydroxyl groups is 1. The number of β-amino-alcohol motifs (C(OH)–C–C–N with tert-alkyl or cyclic N) is 1. The lowest BCUT2D eigenvalue weighted by atomic mass is 9.86. The molecule has 126 valence electrons. The fraction of sp³-hybridized carbons (Fsp3) is 0.316. The molecular weight excluding hydrogens is 306 g/mol. The molecule has 2 aromatic carbocycles. The van der Waals surface area contributed by atoms with Gasteiger partial charge in [-0.15, -0.1) is 0 Å². The molecule has 2 unspecified atom stereocenters. The molecule has 0 bridgehead atoms. The van der Waals surface area contributed by atoms with Crippen LogP contribution in [0.15, 0.2) is 48.5 Å². The number of methoxy groups -OCH3 is 1. The monoisotopic (exact) mass is 327 g/mol. The lowest BCUT2D eigenvalue weighted by Gasteiger charge is -2.34. The largest absolute Gasteiger partial charge is 0.497 e. The molecule has 1 heterocycles. The number of rotatable bonds is 3. The second kappa shape index (κ2) is 6.93. The number of nitrogens with zero attached hydrogens (tertiary/aromatic N) is 1. The van der Waals surface area contributed by atoms with Crippen LogP contribution in [0.25, 0.3) is 11.1 Å². The van der Waals surface area contributed by atoms with Crippen LogP contribution in [0.3, 0.4) is 0 Å². The lowest BCUT2D eigenvalue weighted by Crippen LogP contribution is -2.45. The van der Waals surface area contributed by atoms with Crippen LogP contribution in [-0.4, -0.2) is 47.5 Å². The minimum Gasteiger partial charge on any atom is -0.497 e. The Labute approximate surface area is 141 Å². The molecule has 3 rings (SSSR count). The molecule has 5 heteroatoms. The first kappa shape index (κ1) is 16.3. The lowest BCUT2D eigenvalue weighted by molar-refractivity contribution is 0.0504. The Morgan fingerprint density at radius 1 is 1.17 bits per heavy atom. The summed E-state index contributed by atoms with van der Waals surface area (Å²) in [5.74, 6) is 0.769. The Bertz CT molecular complexity index is 714. The van der Waals surface area contributed by atoms with Gasteiger partial charge in [-0.1, -0.05) is 36.4 Å². The quantitative estimate of drug-likeness (QED) is 0.908. The highest BCUT2D eigenvalue weighted by Gasteiger charge is 2.31. The molecule has 2 aromatic rings. The third kappa shape index (κ3) is 3.36. The van der Waals surface area contributed by atoms with E-state index in [-0.39, 0.29) is 12.5 Å². The van der Waals surface area contributed by atoms with Crippen molar-refractivity contribution < 1.29 is 19.7 Å². The van der Waals surface area contributed by atoms with Crippen LogP contribution in [-0.2, 0) is 0 Å². The van der Waals surface area contributed by atoms with Crippen molar-refractivity contribution in [3.8, 4) is 16.9 Å². The summed E-state index contributed by atoms with van der Waals surface area (Å²) in [5, 5.41) is 19.4. The first-order valence-corrected chi connectivity index (χ1v) is 7.99. The van der Waals surface area contributed by atoms with Gasteiger partial charge in [0.05, 0.1) is 19.8 Å². The van der Waals surface area contributed by atoms with Gasteiger partial charge in [-0.3, -0.25) is 0 Å². The van der Waals surface area contributed by atoms with Gasteiger partial charge in [0.1, 0.15) is 5.75 Å². The molecule has 2 atom stereocenters. The van der Waals surface area contributed by atoms with Crippen molar-refractivity contribution in [1.29, 1.82) is 0 Å². The van der Waals surface area contributed by atoms with E-state index in [2.05, 4.69) is 6.07 Å². The molecule has 1 fully saturated rings. The number of piperidine rings is 1. The zero-order valence-corrected chi connectivity index (χ0v) is 13.6. The number of amides is 1. The van der Waals surface area contributed by atoms with Gasteiger partial charge in [0.25, 0.3) is 0 Å². The first-order valence-electron chi connectivity index (χ1n) is 7.99. The second-order valence-corrected chi connectivity index (χ2v) is 6.05. The van der Waals surface area contributed by atoms with Gasteiger partial charge in [0, 0.05) is 12.5 Å². The molecule has 1 saturated heterocycles. The number of carbonyl (C=O) groups is 1. The van der Waals surface area contributed by atoms with Gasteiger partial charge < -0.3 is 19.8 Å². The predicted molar refractivity (Wildman–Crippen MR) is 91.4 cm³/mol. The number of hydrogen-bond donors (Lipinski definition) is 2. The van der Waals surface area contributed by atoms with Crippen molar-refractivity contribution >= 4 is 6.09 Å². The molecular formula is C19H21NO4. The van der Waals surface area contributed by atoms with Crippen molar-refractivity contribution in [1.82, 2.24) is 4.90 Å². The SMILES string of the molecule is COc1ccc(-c2cccc(C3CCN(C(=O)O)CC3O)c2)cc1. The van der Waals surface area contributed by atoms with Crippen LogP contribution >= 0.6 is 0 Å². The fourth-order valence-corrected chi connectivity index (χ4v) is 3.23. The van der Waals surface area contributed by atoms with E-state index in [4.69, 9.17) is 9.84 Å². The number of hydrogen-bond acceptors (Lipinski definition) is 3. The highest BCUT2D eigenvalue weighted by atomic mass is 16.5. The zero-order valence-electron chi connectivity index (χ0n) is 13.6. The van der Waals surface area contributed by atoms with Crippen LogP contribution in [0.4, 0.5) is 4.79 Å². The van der Waals surface area contributed by atoms with Gasteiger partial charge in [0.2, 0.25) is 0 Å². The number of carboxylic acid groups (broad SMARTS) is 1. The summed E-state index contributed by atoms with van der Waals surface area (Å²) in [5.41, 5.74) is 3.19. The average Bonchev–Trinajstić information content (AvgIpc) is 2.61. The maximum atomic E-state index is 11.0. The van der Waals surface area contributed by atoms with Crippen LogP contribution in [0, 0.1) is 0 Å². The molecule has 0 spiro atoms. The van der Waals surface area contributed by atoms with Crippen molar-refractivity contribution in [2.24, 2.45) is 0 Å². The van der Waals surface area contributed by atoms with Gasteiger partial charge in [0.15, 0.2) is 0 Å². The van der Waals surface area contributed by atoms with E-state index in [9.17, 15) is 9.90 Å². The van der Waals surface area contributed by atoms with E-state index in [0.29, 0.717) is 13.0 Å². The molecule has 5 nitrogen and oxygen atoms in total. The van der Waals surface area contributed by atoms with Crippen LogP contribution in [0.1, 0.15) is 17.9 Å². The Balaban J connectivity index is 1.81. The smallest absolute Gasteiger partial charge is 0.407 e. The van der Waals surface area contributed by atoms with Crippen LogP contribution in [0.2, 0.25) is 0 Å². The molecule has 24 heavy (non-hydrogen) atoms. The summed E-state index contributed by atoms with van der Waals surface area (Å²) in [7, 11) is 1.64. The Morgan fingerprint density at radius 2 is 1.92 bits per heavy atom. The van der Waals surface area contributed by atoms with E-state index < -0.39 is 12.2 Å². The summed E-state index contributed by atoms with van der Waals surface area (Å²) in [6.07, 6.45) is -1.03. The minimum atomic E-state index is -0.973. The van der Waals surface area contributed by atoms with E-state index in [0.717, 1.165) is 22.4 Å². The molecule has 0 aromatic heterocycles. The number of ether oxygens (including phenoxy) is 1. The second-order valence-electron chi connectivity index (χ2n) is 6.05. The molecule has 1 amide bonds. The summed E-state index contributed by atoms with van der Waals surface area (Å²) in [6.45, 7) is 0.608.